The van der Waals surface area contributed by atoms with Crippen molar-refractivity contribution in [3.63, 3.8) is 0 Å². The zero-order valence-corrected chi connectivity index (χ0v) is 6.03. The van der Waals surface area contributed by atoms with Crippen molar-refractivity contribution in [3.8, 4) is 0 Å². The highest BCUT2D eigenvalue weighted by Gasteiger charge is 1.92. The van der Waals surface area contributed by atoms with Gasteiger partial charge >= 0.3 is 0 Å². The summed E-state index contributed by atoms with van der Waals surface area (Å²) in [4.78, 5) is 10.1. The molecule has 5 nitrogen and oxygen atoms in total. The molecule has 0 atom stereocenters. The van der Waals surface area contributed by atoms with Crippen LogP contribution in [0.2, 0.25) is 0 Å². The molecule has 1 amide bonds. The van der Waals surface area contributed by atoms with Gasteiger partial charge in [-0.05, 0) is 6.08 Å². The number of amides is 1. The van der Waals surface area contributed by atoms with Crippen LogP contribution in [-0.4, -0.2) is 35.5 Å². The number of rotatable bonds is 5. The summed E-state index contributed by atoms with van der Waals surface area (Å²) in [5.74, 6) is -0.517. The first-order valence-electron chi connectivity index (χ1n) is 3.15. The first-order valence-corrected chi connectivity index (χ1v) is 3.15. The summed E-state index contributed by atoms with van der Waals surface area (Å²) >= 11 is 0. The Bertz CT molecular complexity index is 145. The highest BCUT2D eigenvalue weighted by molar-refractivity contribution is 5.85. The zero-order chi connectivity index (χ0) is 8.69. The number of nitrogens with one attached hydrogen (secondary N) is 1. The van der Waals surface area contributed by atoms with E-state index in [0.29, 0.717) is 6.54 Å². The third-order valence-corrected chi connectivity index (χ3v) is 0.871. The molecule has 64 valence electrons. The van der Waals surface area contributed by atoms with E-state index in [2.05, 4.69) is 5.32 Å². The highest BCUT2D eigenvalue weighted by atomic mass is 16.5. The van der Waals surface area contributed by atoms with Crippen LogP contribution in [0.4, 0.5) is 0 Å². The van der Waals surface area contributed by atoms with Crippen LogP contribution >= 0.6 is 0 Å². The van der Waals surface area contributed by atoms with Crippen LogP contribution in [-0.2, 0) is 4.79 Å². The van der Waals surface area contributed by atoms with Gasteiger partial charge in [0.25, 0.3) is 0 Å². The van der Waals surface area contributed by atoms with Gasteiger partial charge in [0.1, 0.15) is 0 Å². The third kappa shape index (κ3) is 9.09. The van der Waals surface area contributed by atoms with Crippen molar-refractivity contribution in [3.05, 3.63) is 12.2 Å². The average molecular weight is 160 g/mol. The molecule has 11 heavy (non-hydrogen) atoms. The molecule has 0 aliphatic rings. The lowest BCUT2D eigenvalue weighted by molar-refractivity contribution is -0.113. The molecule has 0 aliphatic carbocycles. The quantitative estimate of drug-likeness (QED) is 0.211. The minimum Gasteiger partial charge on any atom is -0.367 e. The van der Waals surface area contributed by atoms with Gasteiger partial charge in [-0.2, -0.15) is 0 Å². The molecule has 0 radical (unpaired) electrons. The maximum Gasteiger partial charge on any atom is 0.241 e. The fourth-order valence-corrected chi connectivity index (χ4v) is 0.471. The van der Waals surface area contributed by atoms with Crippen molar-refractivity contribution in [2.45, 2.75) is 6.29 Å². The number of aliphatic hydroxyl groups excluding tert-OH is 1. The number of carbonyl (C=O) groups excluding carboxylic acids is 1. The number of primary amides is 1. The molecular weight excluding hydrogens is 148 g/mol. The molecule has 0 rings (SSSR count). The monoisotopic (exact) mass is 160 g/mol. The Morgan fingerprint density at radius 2 is 2.27 bits per heavy atom. The molecule has 0 spiro atoms. The summed E-state index contributed by atoms with van der Waals surface area (Å²) in [6.45, 7) is 0.462. The van der Waals surface area contributed by atoms with Gasteiger partial charge in [-0.15, -0.1) is 0 Å². The van der Waals surface area contributed by atoms with Crippen LogP contribution in [0.1, 0.15) is 0 Å². The molecule has 0 saturated heterocycles. The summed E-state index contributed by atoms with van der Waals surface area (Å²) in [6, 6.07) is 0. The van der Waals surface area contributed by atoms with E-state index in [1.807, 2.05) is 0 Å². The average Bonchev–Trinajstić information content (AvgIpc) is 1.85. The van der Waals surface area contributed by atoms with Crippen LogP contribution in [0.25, 0.3) is 0 Å². The van der Waals surface area contributed by atoms with E-state index in [1.165, 1.54) is 12.2 Å². The minimum absolute atomic E-state index is 0.0725. The van der Waals surface area contributed by atoms with Gasteiger partial charge in [0.2, 0.25) is 5.91 Å². The van der Waals surface area contributed by atoms with Crippen LogP contribution in [0, 0.1) is 0 Å². The fraction of sp³-hybridized carbons (Fsp3) is 0.500. The SMILES string of the molecule is NC(=O)C=CCNCC(O)O. The fourth-order valence-electron chi connectivity index (χ4n) is 0.471. The molecular formula is C6H12N2O3. The number of hydrogen-bond acceptors (Lipinski definition) is 4. The second-order valence-electron chi connectivity index (χ2n) is 1.94. The Kier molecular flexibility index (Phi) is 5.36. The van der Waals surface area contributed by atoms with Gasteiger partial charge in [-0.25, -0.2) is 0 Å². The lowest BCUT2D eigenvalue weighted by Gasteiger charge is -2.01. The van der Waals surface area contributed by atoms with Crippen molar-refractivity contribution in [1.82, 2.24) is 5.32 Å². The van der Waals surface area contributed by atoms with Crippen molar-refractivity contribution < 1.29 is 15.0 Å². The summed E-state index contributed by atoms with van der Waals surface area (Å²) in [5, 5.41) is 19.3. The topological polar surface area (TPSA) is 95.6 Å². The van der Waals surface area contributed by atoms with E-state index in [9.17, 15) is 4.79 Å². The molecule has 0 aromatic rings. The van der Waals surface area contributed by atoms with Crippen LogP contribution in [0.5, 0.6) is 0 Å². The van der Waals surface area contributed by atoms with Gasteiger partial charge < -0.3 is 21.3 Å². The van der Waals surface area contributed by atoms with E-state index >= 15 is 0 Å². The second kappa shape index (κ2) is 5.84. The van der Waals surface area contributed by atoms with E-state index in [-0.39, 0.29) is 6.54 Å². The third-order valence-electron chi connectivity index (χ3n) is 0.871. The van der Waals surface area contributed by atoms with Crippen LogP contribution < -0.4 is 11.1 Å². The predicted molar refractivity (Wildman–Crippen MR) is 39.4 cm³/mol. The van der Waals surface area contributed by atoms with E-state index in [1.54, 1.807) is 0 Å². The zero-order valence-electron chi connectivity index (χ0n) is 6.03. The largest absolute Gasteiger partial charge is 0.367 e. The van der Waals surface area contributed by atoms with Crippen LogP contribution in [0.15, 0.2) is 12.2 Å². The smallest absolute Gasteiger partial charge is 0.241 e. The summed E-state index contributed by atoms with van der Waals surface area (Å²) in [5.41, 5.74) is 4.78. The number of hydrogen-bond donors (Lipinski definition) is 4. The highest BCUT2D eigenvalue weighted by Crippen LogP contribution is 1.71. The molecule has 5 heteroatoms. The predicted octanol–water partition coefficient (Wildman–Crippen LogP) is -2.07. The van der Waals surface area contributed by atoms with Gasteiger partial charge in [0, 0.05) is 13.1 Å². The van der Waals surface area contributed by atoms with Crippen LogP contribution in [0.3, 0.4) is 0 Å². The Hall–Kier alpha value is -0.910. The molecule has 0 fully saturated rings. The summed E-state index contributed by atoms with van der Waals surface area (Å²) in [6.07, 6.45) is 1.35. The van der Waals surface area contributed by atoms with E-state index < -0.39 is 12.2 Å². The number of aliphatic hydroxyl groups is 2. The van der Waals surface area contributed by atoms with Crippen molar-refractivity contribution >= 4 is 5.91 Å². The lowest BCUT2D eigenvalue weighted by atomic mass is 10.4. The Morgan fingerprint density at radius 3 is 2.73 bits per heavy atom. The maximum absolute atomic E-state index is 10.1. The lowest BCUT2D eigenvalue weighted by Crippen LogP contribution is -2.26. The second-order valence-corrected chi connectivity index (χ2v) is 1.94. The Balaban J connectivity index is 3.21. The summed E-state index contributed by atoms with van der Waals surface area (Å²) in [7, 11) is 0. The van der Waals surface area contributed by atoms with E-state index in [0.717, 1.165) is 0 Å². The van der Waals surface area contributed by atoms with Crippen molar-refractivity contribution in [2.24, 2.45) is 5.73 Å². The summed E-state index contributed by atoms with van der Waals surface area (Å²) < 4.78 is 0. The van der Waals surface area contributed by atoms with Gasteiger partial charge in [-0.1, -0.05) is 6.08 Å². The molecule has 0 bridgehead atoms. The van der Waals surface area contributed by atoms with Crippen molar-refractivity contribution in [2.75, 3.05) is 13.1 Å². The van der Waals surface area contributed by atoms with E-state index in [4.69, 9.17) is 15.9 Å². The maximum atomic E-state index is 10.1. The molecule has 5 N–H and O–H groups in total. The molecule has 0 aromatic carbocycles. The Morgan fingerprint density at radius 1 is 1.64 bits per heavy atom. The Labute approximate surface area is 64.5 Å². The minimum atomic E-state index is -1.36. The normalized spacial score (nSPS) is 11.2. The molecule has 0 aliphatic heterocycles. The molecule has 0 unspecified atom stereocenters. The first-order chi connectivity index (χ1) is 5.13. The standard InChI is InChI=1S/C6H12N2O3/c7-5(9)2-1-3-8-4-6(10)11/h1-2,6,8,10-11H,3-4H2,(H2,7,9). The number of carbonyl (C=O) groups is 1. The first kappa shape index (κ1) is 10.1. The molecule has 0 aromatic heterocycles. The molecule has 0 saturated carbocycles. The van der Waals surface area contributed by atoms with Gasteiger partial charge in [0.05, 0.1) is 0 Å². The molecule has 0 heterocycles. The van der Waals surface area contributed by atoms with Gasteiger partial charge in [-0.3, -0.25) is 4.79 Å². The van der Waals surface area contributed by atoms with Gasteiger partial charge in [0.15, 0.2) is 6.29 Å². The number of nitrogens with two attached hydrogens (primary N) is 1. The van der Waals surface area contributed by atoms with Crippen molar-refractivity contribution in [1.29, 1.82) is 0 Å².